The highest BCUT2D eigenvalue weighted by Crippen LogP contribution is 2.28. The van der Waals surface area contributed by atoms with Crippen LogP contribution in [0.5, 0.6) is 0 Å². The van der Waals surface area contributed by atoms with Gasteiger partial charge in [0.15, 0.2) is 0 Å². The SMILES string of the molecule is CCC(CCCO)CC(C)CCC(C)(C)C. The normalized spacial score (nSPS) is 16.1. The van der Waals surface area contributed by atoms with Crippen molar-refractivity contribution >= 4 is 0 Å². The fourth-order valence-electron chi connectivity index (χ4n) is 2.23. The molecule has 0 aromatic rings. The molecule has 0 saturated heterocycles. The average molecular weight is 228 g/mol. The van der Waals surface area contributed by atoms with Crippen molar-refractivity contribution in [3.05, 3.63) is 0 Å². The van der Waals surface area contributed by atoms with Crippen molar-refractivity contribution in [1.82, 2.24) is 0 Å². The average Bonchev–Trinajstić information content (AvgIpc) is 2.20. The van der Waals surface area contributed by atoms with Gasteiger partial charge >= 0.3 is 0 Å². The first-order valence-corrected chi connectivity index (χ1v) is 7.00. The summed E-state index contributed by atoms with van der Waals surface area (Å²) in [5.74, 6) is 1.66. The Morgan fingerprint density at radius 1 is 1.12 bits per heavy atom. The first-order chi connectivity index (χ1) is 7.39. The molecule has 0 amide bonds. The zero-order chi connectivity index (χ0) is 12.6. The fraction of sp³-hybridized carbons (Fsp3) is 1.00. The molecule has 2 atom stereocenters. The summed E-state index contributed by atoms with van der Waals surface area (Å²) < 4.78 is 0. The summed E-state index contributed by atoms with van der Waals surface area (Å²) in [6.07, 6.45) is 7.45. The third-order valence-corrected chi connectivity index (χ3v) is 3.47. The van der Waals surface area contributed by atoms with Crippen LogP contribution in [0.1, 0.15) is 73.1 Å². The molecule has 0 aliphatic carbocycles. The predicted molar refractivity (Wildman–Crippen MR) is 72.6 cm³/mol. The minimum atomic E-state index is 0.354. The quantitative estimate of drug-likeness (QED) is 0.642. The summed E-state index contributed by atoms with van der Waals surface area (Å²) in [6.45, 7) is 12.0. The van der Waals surface area contributed by atoms with Crippen molar-refractivity contribution in [3.63, 3.8) is 0 Å². The topological polar surface area (TPSA) is 20.2 Å². The summed E-state index contributed by atoms with van der Waals surface area (Å²) in [5.41, 5.74) is 0.473. The second-order valence-electron chi connectivity index (χ2n) is 6.58. The highest BCUT2D eigenvalue weighted by molar-refractivity contribution is 4.67. The second kappa shape index (κ2) is 8.11. The molecular formula is C15H32O. The molecule has 0 aromatic carbocycles. The van der Waals surface area contributed by atoms with Crippen LogP contribution in [0.4, 0.5) is 0 Å². The molecule has 1 N–H and O–H groups in total. The highest BCUT2D eigenvalue weighted by Gasteiger charge is 2.15. The van der Waals surface area contributed by atoms with Gasteiger partial charge in [-0.25, -0.2) is 0 Å². The third kappa shape index (κ3) is 9.21. The van der Waals surface area contributed by atoms with Crippen LogP contribution < -0.4 is 0 Å². The van der Waals surface area contributed by atoms with Gasteiger partial charge in [0.1, 0.15) is 0 Å². The van der Waals surface area contributed by atoms with Crippen LogP contribution in [-0.4, -0.2) is 11.7 Å². The zero-order valence-electron chi connectivity index (χ0n) is 12.1. The van der Waals surface area contributed by atoms with Crippen molar-refractivity contribution in [2.24, 2.45) is 17.3 Å². The van der Waals surface area contributed by atoms with Gasteiger partial charge in [-0.2, -0.15) is 0 Å². The van der Waals surface area contributed by atoms with Gasteiger partial charge in [0, 0.05) is 6.61 Å². The van der Waals surface area contributed by atoms with Crippen molar-refractivity contribution in [2.75, 3.05) is 6.61 Å². The van der Waals surface area contributed by atoms with Crippen molar-refractivity contribution in [3.8, 4) is 0 Å². The maximum Gasteiger partial charge on any atom is 0.0431 e. The van der Waals surface area contributed by atoms with Crippen LogP contribution in [-0.2, 0) is 0 Å². The van der Waals surface area contributed by atoms with Crippen molar-refractivity contribution in [2.45, 2.75) is 73.1 Å². The van der Waals surface area contributed by atoms with E-state index in [-0.39, 0.29) is 0 Å². The van der Waals surface area contributed by atoms with Crippen LogP contribution >= 0.6 is 0 Å². The molecule has 0 aromatic heterocycles. The largest absolute Gasteiger partial charge is 0.396 e. The maximum absolute atomic E-state index is 8.85. The van der Waals surface area contributed by atoms with E-state index in [2.05, 4.69) is 34.6 Å². The van der Waals surface area contributed by atoms with Gasteiger partial charge in [-0.1, -0.05) is 47.5 Å². The first-order valence-electron chi connectivity index (χ1n) is 7.00. The molecule has 0 saturated carbocycles. The summed E-state index contributed by atoms with van der Waals surface area (Å²) >= 11 is 0. The molecule has 1 heteroatoms. The molecule has 2 unspecified atom stereocenters. The van der Waals surface area contributed by atoms with E-state index in [1.807, 2.05) is 0 Å². The van der Waals surface area contributed by atoms with Gasteiger partial charge in [0.05, 0.1) is 0 Å². The minimum Gasteiger partial charge on any atom is -0.396 e. The van der Waals surface area contributed by atoms with E-state index in [0.29, 0.717) is 12.0 Å². The monoisotopic (exact) mass is 228 g/mol. The van der Waals surface area contributed by atoms with Gasteiger partial charge in [0.25, 0.3) is 0 Å². The Balaban J connectivity index is 3.77. The minimum absolute atomic E-state index is 0.354. The lowest BCUT2D eigenvalue weighted by atomic mass is 9.83. The molecule has 16 heavy (non-hydrogen) atoms. The van der Waals surface area contributed by atoms with E-state index < -0.39 is 0 Å². The molecule has 0 heterocycles. The Morgan fingerprint density at radius 3 is 2.19 bits per heavy atom. The van der Waals surface area contributed by atoms with Gasteiger partial charge in [-0.3, -0.25) is 0 Å². The summed E-state index contributed by atoms with van der Waals surface area (Å²) in [5, 5.41) is 8.85. The Morgan fingerprint density at radius 2 is 1.75 bits per heavy atom. The first kappa shape index (κ1) is 16.0. The zero-order valence-corrected chi connectivity index (χ0v) is 12.1. The molecule has 0 aliphatic heterocycles. The number of aliphatic hydroxyl groups is 1. The second-order valence-corrected chi connectivity index (χ2v) is 6.58. The highest BCUT2D eigenvalue weighted by atomic mass is 16.2. The predicted octanol–water partition coefficient (Wildman–Crippen LogP) is 4.64. The third-order valence-electron chi connectivity index (χ3n) is 3.47. The molecular weight excluding hydrogens is 196 g/mol. The Labute approximate surface area is 103 Å². The number of rotatable bonds is 8. The van der Waals surface area contributed by atoms with Gasteiger partial charge in [-0.15, -0.1) is 0 Å². The summed E-state index contributed by atoms with van der Waals surface area (Å²) in [4.78, 5) is 0. The van der Waals surface area contributed by atoms with Gasteiger partial charge in [0.2, 0.25) is 0 Å². The number of hydrogen-bond donors (Lipinski definition) is 1. The molecule has 0 bridgehead atoms. The molecule has 0 spiro atoms. The van der Waals surface area contributed by atoms with Gasteiger partial charge in [-0.05, 0) is 42.9 Å². The van der Waals surface area contributed by atoms with Crippen molar-refractivity contribution in [1.29, 1.82) is 0 Å². The Kier molecular flexibility index (Phi) is 8.09. The summed E-state index contributed by atoms with van der Waals surface area (Å²) in [6, 6.07) is 0. The lowest BCUT2D eigenvalue weighted by Gasteiger charge is -2.23. The lowest BCUT2D eigenvalue weighted by molar-refractivity contribution is 0.249. The van der Waals surface area contributed by atoms with Crippen molar-refractivity contribution < 1.29 is 5.11 Å². The van der Waals surface area contributed by atoms with Crippen LogP contribution in [0.25, 0.3) is 0 Å². The number of aliphatic hydroxyl groups excluding tert-OH is 1. The Bertz CT molecular complexity index is 157. The molecule has 0 fully saturated rings. The smallest absolute Gasteiger partial charge is 0.0431 e. The van der Waals surface area contributed by atoms with E-state index >= 15 is 0 Å². The standard InChI is InChI=1S/C15H32O/c1-6-14(8-7-11-16)12-13(2)9-10-15(3,4)5/h13-14,16H,6-12H2,1-5H3. The Hall–Kier alpha value is -0.0400. The van der Waals surface area contributed by atoms with E-state index in [0.717, 1.165) is 18.3 Å². The fourth-order valence-corrected chi connectivity index (χ4v) is 2.23. The maximum atomic E-state index is 8.85. The molecule has 0 rings (SSSR count). The van der Waals surface area contributed by atoms with Crippen LogP contribution in [0.15, 0.2) is 0 Å². The van der Waals surface area contributed by atoms with Crippen LogP contribution in [0, 0.1) is 17.3 Å². The molecule has 98 valence electrons. The number of hydrogen-bond acceptors (Lipinski definition) is 1. The molecule has 0 radical (unpaired) electrons. The van der Waals surface area contributed by atoms with E-state index in [1.165, 1.54) is 32.1 Å². The molecule has 1 nitrogen and oxygen atoms in total. The van der Waals surface area contributed by atoms with E-state index in [1.54, 1.807) is 0 Å². The van der Waals surface area contributed by atoms with E-state index in [9.17, 15) is 0 Å². The van der Waals surface area contributed by atoms with Crippen LogP contribution in [0.2, 0.25) is 0 Å². The van der Waals surface area contributed by atoms with Crippen LogP contribution in [0.3, 0.4) is 0 Å². The molecule has 0 aliphatic rings. The summed E-state index contributed by atoms with van der Waals surface area (Å²) in [7, 11) is 0. The van der Waals surface area contributed by atoms with Gasteiger partial charge < -0.3 is 5.11 Å². The lowest BCUT2D eigenvalue weighted by Crippen LogP contribution is -2.11. The van der Waals surface area contributed by atoms with E-state index in [4.69, 9.17) is 5.11 Å².